The molecule has 0 radical (unpaired) electrons. The molecule has 0 atom stereocenters. The summed E-state index contributed by atoms with van der Waals surface area (Å²) in [5, 5.41) is 13.5. The van der Waals surface area contributed by atoms with Crippen molar-refractivity contribution in [3.8, 4) is 11.4 Å². The molecule has 0 saturated heterocycles. The van der Waals surface area contributed by atoms with Crippen molar-refractivity contribution in [2.75, 3.05) is 0 Å². The van der Waals surface area contributed by atoms with Gasteiger partial charge in [-0.3, -0.25) is 4.79 Å². The number of carboxylic acid groups (broad SMARTS) is 1. The Kier molecular flexibility index (Phi) is 5.73. The molecule has 3 aromatic heterocycles. The van der Waals surface area contributed by atoms with Crippen molar-refractivity contribution in [2.45, 2.75) is 50.2 Å². The maximum Gasteiger partial charge on any atom is 0.430 e. The number of fused-ring (bicyclic) bond motifs is 2. The second-order valence-corrected chi connectivity index (χ2v) is 11.0. The summed E-state index contributed by atoms with van der Waals surface area (Å²) >= 11 is 0. The molecule has 4 aliphatic carbocycles. The van der Waals surface area contributed by atoms with E-state index in [0.717, 1.165) is 64.8 Å². The van der Waals surface area contributed by atoms with Crippen LogP contribution >= 0.6 is 0 Å². The topological polar surface area (TPSA) is 105 Å². The summed E-state index contributed by atoms with van der Waals surface area (Å²) in [5.41, 5.74) is 3.79. The second kappa shape index (κ2) is 8.89. The third kappa shape index (κ3) is 4.41. The number of benzene rings is 1. The summed E-state index contributed by atoms with van der Waals surface area (Å²) in [6.07, 6.45) is 6.41. The van der Waals surface area contributed by atoms with Crippen LogP contribution in [-0.2, 0) is 4.79 Å². The molecule has 7 nitrogen and oxygen atoms in total. The fourth-order valence-corrected chi connectivity index (χ4v) is 7.24. The monoisotopic (exact) mass is 524 g/mol. The molecular formula is C28H27F3N4O3. The van der Waals surface area contributed by atoms with E-state index in [2.05, 4.69) is 44.0 Å². The van der Waals surface area contributed by atoms with Crippen LogP contribution in [0.3, 0.4) is 0 Å². The molecule has 4 aliphatic rings. The lowest BCUT2D eigenvalue weighted by Gasteiger charge is -2.56. The van der Waals surface area contributed by atoms with Crippen molar-refractivity contribution in [3.63, 3.8) is 0 Å². The zero-order valence-corrected chi connectivity index (χ0v) is 20.5. The maximum absolute atomic E-state index is 13.6. The lowest BCUT2D eigenvalue weighted by Crippen LogP contribution is -2.59. The molecule has 38 heavy (non-hydrogen) atoms. The molecule has 0 spiro atoms. The fraction of sp³-hybridized carbons (Fsp3) is 0.393. The number of imidazole rings is 1. The van der Waals surface area contributed by atoms with E-state index in [1.165, 1.54) is 19.3 Å². The first-order valence-corrected chi connectivity index (χ1v) is 12.8. The largest absolute Gasteiger partial charge is 0.542 e. The van der Waals surface area contributed by atoms with E-state index in [1.54, 1.807) is 0 Å². The van der Waals surface area contributed by atoms with E-state index in [-0.39, 0.29) is 11.4 Å². The van der Waals surface area contributed by atoms with Crippen molar-refractivity contribution in [1.29, 1.82) is 0 Å². The molecule has 4 bridgehead atoms. The average molecular weight is 525 g/mol. The Labute approximate surface area is 216 Å². The SMILES string of the molecule is O=C(NC12CC3CC(CC(C3)C1)C2)c1[nH]c(-c2ccc3[nH]ccc3c2)[n+]2ccccc12.O=C([O-])C(F)(F)F. The third-order valence-corrected chi connectivity index (χ3v) is 8.30. The first-order valence-electron chi connectivity index (χ1n) is 12.8. The van der Waals surface area contributed by atoms with Crippen LogP contribution < -0.4 is 14.8 Å². The summed E-state index contributed by atoms with van der Waals surface area (Å²) < 4.78 is 33.6. The molecule has 4 saturated carbocycles. The molecular weight excluding hydrogens is 497 g/mol. The summed E-state index contributed by atoms with van der Waals surface area (Å²) in [6, 6.07) is 14.5. The number of nitrogens with one attached hydrogen (secondary N) is 3. The molecule has 0 aliphatic heterocycles. The molecule has 4 fully saturated rings. The number of carbonyl (C=O) groups is 2. The summed E-state index contributed by atoms with van der Waals surface area (Å²) in [6.45, 7) is 0. The molecule has 198 valence electrons. The minimum absolute atomic E-state index is 0.00686. The number of H-pyrrole nitrogens is 2. The van der Waals surface area contributed by atoms with Crippen LogP contribution in [0.2, 0.25) is 0 Å². The van der Waals surface area contributed by atoms with Gasteiger partial charge in [0.25, 0.3) is 11.7 Å². The summed E-state index contributed by atoms with van der Waals surface area (Å²) in [4.78, 5) is 29.1. The second-order valence-electron chi connectivity index (χ2n) is 11.0. The fourth-order valence-electron chi connectivity index (χ4n) is 7.24. The van der Waals surface area contributed by atoms with Gasteiger partial charge in [-0.15, -0.1) is 0 Å². The van der Waals surface area contributed by atoms with E-state index in [0.29, 0.717) is 5.69 Å². The van der Waals surface area contributed by atoms with Gasteiger partial charge in [0, 0.05) is 22.6 Å². The van der Waals surface area contributed by atoms with Crippen LogP contribution in [0.1, 0.15) is 49.0 Å². The third-order valence-electron chi connectivity index (χ3n) is 8.30. The van der Waals surface area contributed by atoms with Gasteiger partial charge in [-0.1, -0.05) is 6.07 Å². The van der Waals surface area contributed by atoms with Crippen LogP contribution in [0.25, 0.3) is 27.8 Å². The number of aliphatic carboxylic acids is 1. The maximum atomic E-state index is 13.6. The number of nitrogens with zero attached hydrogens (tertiary/aromatic N) is 1. The Bertz CT molecular complexity index is 1500. The molecule has 4 aromatic rings. The van der Waals surface area contributed by atoms with Crippen molar-refractivity contribution < 1.29 is 32.3 Å². The van der Waals surface area contributed by atoms with E-state index < -0.39 is 12.1 Å². The van der Waals surface area contributed by atoms with Crippen LogP contribution in [0.5, 0.6) is 0 Å². The zero-order chi connectivity index (χ0) is 26.7. The Morgan fingerprint density at radius 3 is 2.29 bits per heavy atom. The van der Waals surface area contributed by atoms with E-state index in [9.17, 15) is 18.0 Å². The molecule has 0 unspecified atom stereocenters. The molecule has 3 heterocycles. The zero-order valence-electron chi connectivity index (χ0n) is 20.5. The molecule has 10 heteroatoms. The van der Waals surface area contributed by atoms with Gasteiger partial charge in [0.15, 0.2) is 5.52 Å². The lowest BCUT2D eigenvalue weighted by atomic mass is 9.53. The first kappa shape index (κ1) is 24.5. The number of alkyl halides is 3. The molecule has 1 aromatic carbocycles. The van der Waals surface area contributed by atoms with Crippen LogP contribution in [0.4, 0.5) is 13.2 Å². The normalized spacial score (nSPS) is 25.8. The number of carbonyl (C=O) groups excluding carboxylic acids is 2. The first-order chi connectivity index (χ1) is 18.1. The number of hydrogen-bond donors (Lipinski definition) is 3. The van der Waals surface area contributed by atoms with E-state index in [1.807, 2.05) is 30.6 Å². The minimum Gasteiger partial charge on any atom is -0.542 e. The van der Waals surface area contributed by atoms with Crippen molar-refractivity contribution in [2.24, 2.45) is 17.8 Å². The predicted octanol–water partition coefficient (Wildman–Crippen LogP) is 3.90. The summed E-state index contributed by atoms with van der Waals surface area (Å²) in [7, 11) is 0. The Morgan fingerprint density at radius 1 is 1.00 bits per heavy atom. The van der Waals surface area contributed by atoms with Gasteiger partial charge in [-0.05, 0) is 92.7 Å². The van der Waals surface area contributed by atoms with Gasteiger partial charge < -0.3 is 20.2 Å². The lowest BCUT2D eigenvalue weighted by molar-refractivity contribution is -0.498. The number of aromatic amines is 2. The number of amides is 1. The van der Waals surface area contributed by atoms with Gasteiger partial charge in [0.05, 0.1) is 11.8 Å². The molecule has 8 rings (SSSR count). The quantitative estimate of drug-likeness (QED) is 0.354. The predicted molar refractivity (Wildman–Crippen MR) is 131 cm³/mol. The number of pyridine rings is 1. The highest BCUT2D eigenvalue weighted by molar-refractivity contribution is 5.99. The van der Waals surface area contributed by atoms with Gasteiger partial charge in [0.2, 0.25) is 5.69 Å². The highest BCUT2D eigenvalue weighted by Gasteiger charge is 2.52. The number of aromatic nitrogens is 3. The smallest absolute Gasteiger partial charge is 0.430 e. The van der Waals surface area contributed by atoms with Crippen molar-refractivity contribution >= 4 is 28.3 Å². The highest BCUT2D eigenvalue weighted by Crippen LogP contribution is 2.55. The van der Waals surface area contributed by atoms with Crippen LogP contribution in [-0.4, -0.2) is 33.6 Å². The molecule has 1 amide bonds. The van der Waals surface area contributed by atoms with Gasteiger partial charge >= 0.3 is 6.18 Å². The van der Waals surface area contributed by atoms with Gasteiger partial charge in [0.1, 0.15) is 5.97 Å². The van der Waals surface area contributed by atoms with Crippen molar-refractivity contribution in [1.82, 2.24) is 15.3 Å². The van der Waals surface area contributed by atoms with Crippen LogP contribution in [0.15, 0.2) is 54.9 Å². The Hall–Kier alpha value is -3.82. The molecule has 3 N–H and O–H groups in total. The summed E-state index contributed by atoms with van der Waals surface area (Å²) in [5.74, 6) is 0.404. The highest BCUT2D eigenvalue weighted by atomic mass is 19.4. The standard InChI is InChI=1S/C26H26N4O.C2HF3O2/c31-25(29-26-13-16-9-17(14-26)11-18(10-16)15-26)23-22-3-1-2-8-30(22)24(28-23)20-4-5-21-19(12-20)6-7-27-21;3-2(4,5)1(6)7/h1-8,12,16-18H,9-11,13-15H2,(H2,27,28,29,31);(H,6,7). The Balaban J connectivity index is 0.000000337. The number of carboxylic acids is 1. The van der Waals surface area contributed by atoms with E-state index in [4.69, 9.17) is 9.90 Å². The number of hydrogen-bond acceptors (Lipinski definition) is 3. The number of rotatable bonds is 3. The average Bonchev–Trinajstić information content (AvgIpc) is 3.47. The minimum atomic E-state index is -5.19. The van der Waals surface area contributed by atoms with E-state index >= 15 is 0 Å². The van der Waals surface area contributed by atoms with Gasteiger partial charge in [-0.2, -0.15) is 17.6 Å². The van der Waals surface area contributed by atoms with Gasteiger partial charge in [-0.25, -0.2) is 4.98 Å². The van der Waals surface area contributed by atoms with Crippen molar-refractivity contribution in [3.05, 3.63) is 60.6 Å². The van der Waals surface area contributed by atoms with Crippen LogP contribution in [0, 0.1) is 17.8 Å². The number of halogens is 3. The Morgan fingerprint density at radius 2 is 1.66 bits per heavy atom.